The Morgan fingerprint density at radius 1 is 1.43 bits per heavy atom. The molecular formula is C9H17N3OS. The average Bonchev–Trinajstić information content (AvgIpc) is 2.17. The summed E-state index contributed by atoms with van der Waals surface area (Å²) < 4.78 is 0. The van der Waals surface area contributed by atoms with Crippen LogP contribution in [0.1, 0.15) is 19.8 Å². The van der Waals surface area contributed by atoms with Crippen LogP contribution in [0.25, 0.3) is 0 Å². The molecule has 0 aliphatic carbocycles. The SMILES string of the molecule is CNC(=S)N1CCC(NC(C)=O)CC1. The van der Waals surface area contributed by atoms with Crippen LogP contribution < -0.4 is 10.6 Å². The highest BCUT2D eigenvalue weighted by molar-refractivity contribution is 7.80. The predicted molar refractivity (Wildman–Crippen MR) is 60.1 cm³/mol. The number of nitrogens with zero attached hydrogens (tertiary/aromatic N) is 1. The Morgan fingerprint density at radius 3 is 2.43 bits per heavy atom. The lowest BCUT2D eigenvalue weighted by Crippen LogP contribution is -2.48. The maximum absolute atomic E-state index is 10.8. The standard InChI is InChI=1S/C9H17N3OS/c1-7(13)11-8-3-5-12(6-4-8)9(14)10-2/h8H,3-6H2,1-2H3,(H,10,14)(H,11,13). The van der Waals surface area contributed by atoms with Gasteiger partial charge in [-0.3, -0.25) is 4.79 Å². The van der Waals surface area contributed by atoms with Gasteiger partial charge in [0.15, 0.2) is 5.11 Å². The topological polar surface area (TPSA) is 44.4 Å². The second-order valence-electron chi connectivity index (χ2n) is 3.52. The second-order valence-corrected chi connectivity index (χ2v) is 3.90. The summed E-state index contributed by atoms with van der Waals surface area (Å²) in [6, 6.07) is 0.323. The summed E-state index contributed by atoms with van der Waals surface area (Å²) in [5, 5.41) is 6.69. The lowest BCUT2D eigenvalue weighted by Gasteiger charge is -2.33. The number of carbonyl (C=O) groups excluding carboxylic acids is 1. The van der Waals surface area contributed by atoms with Crippen LogP contribution >= 0.6 is 12.2 Å². The molecule has 0 bridgehead atoms. The third-order valence-corrected chi connectivity index (χ3v) is 2.87. The molecular weight excluding hydrogens is 198 g/mol. The lowest BCUT2D eigenvalue weighted by molar-refractivity contribution is -0.119. The van der Waals surface area contributed by atoms with Crippen LogP contribution in [0, 0.1) is 0 Å². The van der Waals surface area contributed by atoms with Gasteiger partial charge in [0.1, 0.15) is 0 Å². The predicted octanol–water partition coefficient (Wildman–Crippen LogP) is 0.0912. The van der Waals surface area contributed by atoms with Crippen LogP contribution in [0.3, 0.4) is 0 Å². The number of rotatable bonds is 1. The van der Waals surface area contributed by atoms with E-state index in [1.165, 1.54) is 0 Å². The Bertz CT molecular complexity index is 224. The number of hydrogen-bond acceptors (Lipinski definition) is 2. The molecule has 1 rings (SSSR count). The van der Waals surface area contributed by atoms with Crippen molar-refractivity contribution in [1.82, 2.24) is 15.5 Å². The first-order valence-corrected chi connectivity index (χ1v) is 5.28. The Morgan fingerprint density at radius 2 is 2.00 bits per heavy atom. The molecule has 80 valence electrons. The monoisotopic (exact) mass is 215 g/mol. The number of hydrogen-bond donors (Lipinski definition) is 2. The minimum atomic E-state index is 0.0552. The van der Waals surface area contributed by atoms with E-state index >= 15 is 0 Å². The van der Waals surface area contributed by atoms with Crippen molar-refractivity contribution in [3.8, 4) is 0 Å². The van der Waals surface area contributed by atoms with E-state index in [2.05, 4.69) is 15.5 Å². The molecule has 1 aliphatic heterocycles. The summed E-state index contributed by atoms with van der Waals surface area (Å²) in [6.07, 6.45) is 1.95. The fourth-order valence-electron chi connectivity index (χ4n) is 1.67. The fraction of sp³-hybridized carbons (Fsp3) is 0.778. The van der Waals surface area contributed by atoms with Crippen molar-refractivity contribution in [3.63, 3.8) is 0 Å². The molecule has 0 aromatic heterocycles. The Labute approximate surface area is 90.0 Å². The molecule has 5 heteroatoms. The quantitative estimate of drug-likeness (QED) is 0.609. The van der Waals surface area contributed by atoms with Crippen molar-refractivity contribution in [3.05, 3.63) is 0 Å². The first kappa shape index (κ1) is 11.2. The van der Waals surface area contributed by atoms with E-state index < -0.39 is 0 Å². The van der Waals surface area contributed by atoms with Crippen LogP contribution in [0.5, 0.6) is 0 Å². The second kappa shape index (κ2) is 5.14. The molecule has 14 heavy (non-hydrogen) atoms. The van der Waals surface area contributed by atoms with Gasteiger partial charge in [-0.2, -0.15) is 0 Å². The molecule has 1 amide bonds. The van der Waals surface area contributed by atoms with Gasteiger partial charge in [0.2, 0.25) is 5.91 Å². The Kier molecular flexibility index (Phi) is 4.13. The van der Waals surface area contributed by atoms with E-state index in [9.17, 15) is 4.79 Å². The van der Waals surface area contributed by atoms with Gasteiger partial charge in [0, 0.05) is 33.1 Å². The van der Waals surface area contributed by atoms with Crippen LogP contribution in [0.4, 0.5) is 0 Å². The summed E-state index contributed by atoms with van der Waals surface area (Å²) in [7, 11) is 1.84. The zero-order chi connectivity index (χ0) is 10.6. The number of piperidine rings is 1. The highest BCUT2D eigenvalue weighted by Gasteiger charge is 2.20. The Balaban J connectivity index is 2.31. The molecule has 2 N–H and O–H groups in total. The molecule has 0 aromatic rings. The summed E-state index contributed by atoms with van der Waals surface area (Å²) in [5.74, 6) is 0.0552. The summed E-state index contributed by atoms with van der Waals surface area (Å²) >= 11 is 5.13. The smallest absolute Gasteiger partial charge is 0.217 e. The maximum Gasteiger partial charge on any atom is 0.217 e. The van der Waals surface area contributed by atoms with Crippen LogP contribution in [0.15, 0.2) is 0 Å². The van der Waals surface area contributed by atoms with Gasteiger partial charge in [0.05, 0.1) is 0 Å². The molecule has 0 saturated carbocycles. The molecule has 1 saturated heterocycles. The third kappa shape index (κ3) is 3.14. The van der Waals surface area contributed by atoms with E-state index in [4.69, 9.17) is 12.2 Å². The van der Waals surface area contributed by atoms with E-state index in [0.717, 1.165) is 31.0 Å². The van der Waals surface area contributed by atoms with Gasteiger partial charge in [-0.15, -0.1) is 0 Å². The van der Waals surface area contributed by atoms with Crippen molar-refractivity contribution in [2.24, 2.45) is 0 Å². The molecule has 0 aromatic carbocycles. The van der Waals surface area contributed by atoms with Gasteiger partial charge >= 0.3 is 0 Å². The fourth-order valence-corrected chi connectivity index (χ4v) is 1.86. The lowest BCUT2D eigenvalue weighted by atomic mass is 10.1. The highest BCUT2D eigenvalue weighted by Crippen LogP contribution is 2.10. The van der Waals surface area contributed by atoms with Crippen molar-refractivity contribution in [2.45, 2.75) is 25.8 Å². The van der Waals surface area contributed by atoms with Crippen LogP contribution in [-0.4, -0.2) is 42.1 Å². The first-order valence-electron chi connectivity index (χ1n) is 4.87. The molecule has 0 unspecified atom stereocenters. The van der Waals surface area contributed by atoms with E-state index in [0.29, 0.717) is 6.04 Å². The first-order chi connectivity index (χ1) is 6.63. The Hall–Kier alpha value is -0.840. The minimum absolute atomic E-state index is 0.0552. The minimum Gasteiger partial charge on any atom is -0.366 e. The summed E-state index contributed by atoms with van der Waals surface area (Å²) in [6.45, 7) is 3.40. The van der Waals surface area contributed by atoms with E-state index in [-0.39, 0.29) is 5.91 Å². The van der Waals surface area contributed by atoms with Crippen molar-refractivity contribution in [2.75, 3.05) is 20.1 Å². The van der Waals surface area contributed by atoms with Gasteiger partial charge in [-0.05, 0) is 25.1 Å². The maximum atomic E-state index is 10.8. The average molecular weight is 215 g/mol. The normalized spacial score (nSPS) is 17.7. The zero-order valence-electron chi connectivity index (χ0n) is 8.67. The number of amides is 1. The van der Waals surface area contributed by atoms with Gasteiger partial charge in [0.25, 0.3) is 0 Å². The number of carbonyl (C=O) groups is 1. The third-order valence-electron chi connectivity index (χ3n) is 2.40. The molecule has 0 radical (unpaired) electrons. The van der Waals surface area contributed by atoms with Crippen molar-refractivity contribution >= 4 is 23.2 Å². The highest BCUT2D eigenvalue weighted by atomic mass is 32.1. The van der Waals surface area contributed by atoms with Crippen LogP contribution in [-0.2, 0) is 4.79 Å². The molecule has 1 aliphatic rings. The van der Waals surface area contributed by atoms with Gasteiger partial charge in [-0.1, -0.05) is 0 Å². The molecule has 1 fully saturated rings. The summed E-state index contributed by atoms with van der Waals surface area (Å²) in [4.78, 5) is 13.0. The molecule has 0 atom stereocenters. The van der Waals surface area contributed by atoms with Gasteiger partial charge < -0.3 is 15.5 Å². The van der Waals surface area contributed by atoms with Gasteiger partial charge in [-0.25, -0.2) is 0 Å². The van der Waals surface area contributed by atoms with Crippen molar-refractivity contribution < 1.29 is 4.79 Å². The number of nitrogens with one attached hydrogen (secondary N) is 2. The van der Waals surface area contributed by atoms with Crippen LogP contribution in [0.2, 0.25) is 0 Å². The molecule has 0 spiro atoms. The van der Waals surface area contributed by atoms with E-state index in [1.54, 1.807) is 6.92 Å². The number of likely N-dealkylation sites (tertiary alicyclic amines) is 1. The zero-order valence-corrected chi connectivity index (χ0v) is 9.49. The molecule has 4 nitrogen and oxygen atoms in total. The number of thiocarbonyl (C=S) groups is 1. The largest absolute Gasteiger partial charge is 0.366 e. The van der Waals surface area contributed by atoms with Crippen molar-refractivity contribution in [1.29, 1.82) is 0 Å². The molecule has 1 heterocycles. The summed E-state index contributed by atoms with van der Waals surface area (Å²) in [5.41, 5.74) is 0. The van der Waals surface area contributed by atoms with E-state index in [1.807, 2.05) is 7.05 Å².